The van der Waals surface area contributed by atoms with Gasteiger partial charge in [-0.25, -0.2) is 0 Å². The molecule has 1 unspecified atom stereocenters. The second-order valence-electron chi connectivity index (χ2n) is 5.90. The number of rotatable bonds is 6. The molecule has 1 aliphatic heterocycles. The molecule has 0 N–H and O–H groups in total. The second kappa shape index (κ2) is 7.31. The van der Waals surface area contributed by atoms with Gasteiger partial charge < -0.3 is 9.64 Å². The van der Waals surface area contributed by atoms with Gasteiger partial charge in [0.15, 0.2) is 0 Å². The van der Waals surface area contributed by atoms with E-state index in [4.69, 9.17) is 10.00 Å². The van der Waals surface area contributed by atoms with Crippen molar-refractivity contribution in [2.24, 2.45) is 11.8 Å². The Morgan fingerprint density at radius 3 is 2.90 bits per heavy atom. The highest BCUT2D eigenvalue weighted by Gasteiger charge is 2.24. The molecule has 20 heavy (non-hydrogen) atoms. The van der Waals surface area contributed by atoms with Crippen molar-refractivity contribution in [2.45, 2.75) is 26.7 Å². The molecule has 0 amide bonds. The molecular weight excluding hydrogens is 248 g/mol. The molecule has 1 aromatic rings. The fourth-order valence-electron chi connectivity index (χ4n) is 2.77. The topological polar surface area (TPSA) is 36.3 Å². The molecule has 1 heterocycles. The first-order valence-electron chi connectivity index (χ1n) is 7.55. The van der Waals surface area contributed by atoms with Gasteiger partial charge in [-0.3, -0.25) is 0 Å². The van der Waals surface area contributed by atoms with Gasteiger partial charge >= 0.3 is 0 Å². The van der Waals surface area contributed by atoms with Gasteiger partial charge in [-0.2, -0.15) is 5.26 Å². The SMILES string of the molecule is CC(C)C1CCN(CCCOc2ccccc2C#N)C1. The molecule has 1 aromatic carbocycles. The Hall–Kier alpha value is -1.53. The molecule has 1 atom stereocenters. The van der Waals surface area contributed by atoms with Gasteiger partial charge in [0, 0.05) is 13.1 Å². The first-order chi connectivity index (χ1) is 9.70. The second-order valence-corrected chi connectivity index (χ2v) is 5.90. The Morgan fingerprint density at radius 2 is 2.20 bits per heavy atom. The quantitative estimate of drug-likeness (QED) is 0.745. The van der Waals surface area contributed by atoms with Crippen molar-refractivity contribution in [3.8, 4) is 11.8 Å². The Morgan fingerprint density at radius 1 is 1.40 bits per heavy atom. The summed E-state index contributed by atoms with van der Waals surface area (Å²) in [7, 11) is 0. The summed E-state index contributed by atoms with van der Waals surface area (Å²) >= 11 is 0. The van der Waals surface area contributed by atoms with Crippen LogP contribution in [0.5, 0.6) is 5.75 Å². The zero-order chi connectivity index (χ0) is 14.4. The lowest BCUT2D eigenvalue weighted by molar-refractivity contribution is 0.252. The average Bonchev–Trinajstić information content (AvgIpc) is 2.93. The van der Waals surface area contributed by atoms with Gasteiger partial charge in [-0.05, 0) is 43.4 Å². The van der Waals surface area contributed by atoms with Crippen molar-refractivity contribution in [2.75, 3.05) is 26.2 Å². The van der Waals surface area contributed by atoms with Gasteiger partial charge in [0.05, 0.1) is 12.2 Å². The largest absolute Gasteiger partial charge is 0.492 e. The van der Waals surface area contributed by atoms with Crippen LogP contribution in [0.15, 0.2) is 24.3 Å². The van der Waals surface area contributed by atoms with Crippen LogP contribution < -0.4 is 4.74 Å². The number of nitriles is 1. The highest BCUT2D eigenvalue weighted by molar-refractivity contribution is 5.42. The van der Waals surface area contributed by atoms with Crippen molar-refractivity contribution >= 4 is 0 Å². The highest BCUT2D eigenvalue weighted by atomic mass is 16.5. The van der Waals surface area contributed by atoms with E-state index in [-0.39, 0.29) is 0 Å². The van der Waals surface area contributed by atoms with Gasteiger partial charge in [-0.1, -0.05) is 26.0 Å². The molecule has 3 nitrogen and oxygen atoms in total. The predicted octanol–water partition coefficient (Wildman–Crippen LogP) is 3.31. The number of nitrogens with zero attached hydrogens (tertiary/aromatic N) is 2. The lowest BCUT2D eigenvalue weighted by Crippen LogP contribution is -2.24. The third kappa shape index (κ3) is 3.98. The van der Waals surface area contributed by atoms with Crippen LogP contribution in [0.2, 0.25) is 0 Å². The number of ether oxygens (including phenoxy) is 1. The number of hydrogen-bond donors (Lipinski definition) is 0. The van der Waals surface area contributed by atoms with Crippen molar-refractivity contribution in [1.29, 1.82) is 5.26 Å². The van der Waals surface area contributed by atoms with E-state index in [1.807, 2.05) is 18.2 Å². The molecule has 0 aromatic heterocycles. The fraction of sp³-hybridized carbons (Fsp3) is 0.588. The van der Waals surface area contributed by atoms with Crippen LogP contribution in [0.4, 0.5) is 0 Å². The molecule has 0 aliphatic carbocycles. The number of likely N-dealkylation sites (tertiary alicyclic amines) is 1. The Kier molecular flexibility index (Phi) is 5.43. The summed E-state index contributed by atoms with van der Waals surface area (Å²) < 4.78 is 5.71. The van der Waals surface area contributed by atoms with Crippen molar-refractivity contribution in [3.05, 3.63) is 29.8 Å². The van der Waals surface area contributed by atoms with E-state index < -0.39 is 0 Å². The predicted molar refractivity (Wildman–Crippen MR) is 80.7 cm³/mol. The van der Waals surface area contributed by atoms with Crippen molar-refractivity contribution in [1.82, 2.24) is 4.90 Å². The van der Waals surface area contributed by atoms with Gasteiger partial charge in [0.25, 0.3) is 0 Å². The lowest BCUT2D eigenvalue weighted by Gasteiger charge is -2.17. The molecule has 1 aliphatic rings. The molecule has 0 bridgehead atoms. The summed E-state index contributed by atoms with van der Waals surface area (Å²) in [5.74, 6) is 2.35. The maximum absolute atomic E-state index is 8.99. The Labute approximate surface area is 122 Å². The zero-order valence-corrected chi connectivity index (χ0v) is 12.5. The smallest absolute Gasteiger partial charge is 0.137 e. The lowest BCUT2D eigenvalue weighted by atomic mass is 9.95. The van der Waals surface area contributed by atoms with Crippen LogP contribution in [0.3, 0.4) is 0 Å². The summed E-state index contributed by atoms with van der Waals surface area (Å²) in [5.41, 5.74) is 0.619. The van der Waals surface area contributed by atoms with Gasteiger partial charge in [-0.15, -0.1) is 0 Å². The Balaban J connectivity index is 1.69. The van der Waals surface area contributed by atoms with Crippen molar-refractivity contribution in [3.63, 3.8) is 0 Å². The molecule has 2 rings (SSSR count). The van der Waals surface area contributed by atoms with Crippen LogP contribution >= 0.6 is 0 Å². The molecule has 1 fully saturated rings. The average molecular weight is 272 g/mol. The molecule has 0 radical (unpaired) electrons. The van der Waals surface area contributed by atoms with Crippen LogP contribution in [-0.2, 0) is 0 Å². The van der Waals surface area contributed by atoms with E-state index in [0.29, 0.717) is 17.9 Å². The third-order valence-corrected chi connectivity index (χ3v) is 4.14. The van der Waals surface area contributed by atoms with Crippen LogP contribution in [-0.4, -0.2) is 31.1 Å². The monoisotopic (exact) mass is 272 g/mol. The normalized spacial score (nSPS) is 19.2. The maximum atomic E-state index is 8.99. The van der Waals surface area contributed by atoms with Gasteiger partial charge in [0.2, 0.25) is 0 Å². The molecule has 3 heteroatoms. The van der Waals surface area contributed by atoms with E-state index in [1.54, 1.807) is 6.07 Å². The first-order valence-corrected chi connectivity index (χ1v) is 7.55. The maximum Gasteiger partial charge on any atom is 0.137 e. The molecule has 0 saturated carbocycles. The molecular formula is C17H24N2O. The minimum atomic E-state index is 0.619. The zero-order valence-electron chi connectivity index (χ0n) is 12.5. The molecule has 0 spiro atoms. The van der Waals surface area contributed by atoms with E-state index >= 15 is 0 Å². The molecule has 108 valence electrons. The van der Waals surface area contributed by atoms with E-state index in [2.05, 4.69) is 24.8 Å². The van der Waals surface area contributed by atoms with Gasteiger partial charge in [0.1, 0.15) is 11.8 Å². The summed E-state index contributed by atoms with van der Waals surface area (Å²) in [6.07, 6.45) is 2.35. The van der Waals surface area contributed by atoms with Crippen LogP contribution in [0, 0.1) is 23.2 Å². The van der Waals surface area contributed by atoms with E-state index in [9.17, 15) is 0 Å². The Bertz CT molecular complexity index is 464. The van der Waals surface area contributed by atoms with Crippen LogP contribution in [0.1, 0.15) is 32.3 Å². The van der Waals surface area contributed by atoms with E-state index in [0.717, 1.165) is 24.8 Å². The summed E-state index contributed by atoms with van der Waals surface area (Å²) in [4.78, 5) is 2.53. The summed E-state index contributed by atoms with van der Waals surface area (Å²) in [5, 5.41) is 8.99. The summed E-state index contributed by atoms with van der Waals surface area (Å²) in [6, 6.07) is 9.59. The highest BCUT2D eigenvalue weighted by Crippen LogP contribution is 2.23. The minimum absolute atomic E-state index is 0.619. The van der Waals surface area contributed by atoms with E-state index in [1.165, 1.54) is 19.5 Å². The summed E-state index contributed by atoms with van der Waals surface area (Å²) in [6.45, 7) is 8.86. The first kappa shape index (κ1) is 14.9. The number of benzene rings is 1. The number of hydrogen-bond acceptors (Lipinski definition) is 3. The van der Waals surface area contributed by atoms with Crippen LogP contribution in [0.25, 0.3) is 0 Å². The fourth-order valence-corrected chi connectivity index (χ4v) is 2.77. The standard InChI is InChI=1S/C17H24N2O/c1-14(2)16-8-10-19(13-16)9-5-11-20-17-7-4-3-6-15(17)12-18/h3-4,6-7,14,16H,5,8-11,13H2,1-2H3. The molecule has 1 saturated heterocycles. The van der Waals surface area contributed by atoms with Crippen molar-refractivity contribution < 1.29 is 4.74 Å². The minimum Gasteiger partial charge on any atom is -0.492 e. The number of para-hydroxylation sites is 1. The third-order valence-electron chi connectivity index (χ3n) is 4.14.